The maximum absolute atomic E-state index is 11.8. The number of nitrogens with one attached hydrogen (secondary N) is 1. The predicted molar refractivity (Wildman–Crippen MR) is 70.5 cm³/mol. The number of carbonyl (C=O) groups is 1. The van der Waals surface area contributed by atoms with Gasteiger partial charge in [0.1, 0.15) is 0 Å². The number of oxime groups is 1. The summed E-state index contributed by atoms with van der Waals surface area (Å²) in [5.41, 5.74) is 5.50. The van der Waals surface area contributed by atoms with Crippen LogP contribution in [0, 0.1) is 0 Å². The van der Waals surface area contributed by atoms with Crippen LogP contribution in [0.25, 0.3) is 0 Å². The zero-order chi connectivity index (χ0) is 15.3. The molecule has 0 aliphatic carbocycles. The van der Waals surface area contributed by atoms with E-state index in [4.69, 9.17) is 10.9 Å². The van der Waals surface area contributed by atoms with E-state index in [1.165, 1.54) is 0 Å². The van der Waals surface area contributed by atoms with Gasteiger partial charge in [-0.3, -0.25) is 4.90 Å². The van der Waals surface area contributed by atoms with E-state index in [-0.39, 0.29) is 25.0 Å². The SMILES string of the molecule is COC(=O)NS(=O)(=O)N1CCN(C(C)C(N)=NO)CC1. The molecule has 20 heavy (non-hydrogen) atoms. The van der Waals surface area contributed by atoms with E-state index >= 15 is 0 Å². The van der Waals surface area contributed by atoms with Crippen LogP contribution in [0.3, 0.4) is 0 Å². The smallest absolute Gasteiger partial charge is 0.421 e. The summed E-state index contributed by atoms with van der Waals surface area (Å²) in [6.45, 7) is 2.94. The first-order valence-corrected chi connectivity index (χ1v) is 7.33. The summed E-state index contributed by atoms with van der Waals surface area (Å²) >= 11 is 0. The van der Waals surface area contributed by atoms with Crippen molar-refractivity contribution in [2.75, 3.05) is 33.3 Å². The van der Waals surface area contributed by atoms with Crippen LogP contribution in [0.1, 0.15) is 6.92 Å². The number of rotatable bonds is 4. The molecule has 0 aromatic heterocycles. The Morgan fingerprint density at radius 1 is 1.40 bits per heavy atom. The molecule has 1 atom stereocenters. The minimum Gasteiger partial charge on any atom is -0.452 e. The van der Waals surface area contributed by atoms with E-state index in [1.54, 1.807) is 11.6 Å². The normalized spacial score (nSPS) is 20.4. The Morgan fingerprint density at radius 2 is 1.95 bits per heavy atom. The second-order valence-electron chi connectivity index (χ2n) is 4.23. The van der Waals surface area contributed by atoms with Crippen molar-refractivity contribution in [1.29, 1.82) is 0 Å². The molecule has 4 N–H and O–H groups in total. The molecule has 0 aromatic carbocycles. The average molecular weight is 309 g/mol. The monoisotopic (exact) mass is 309 g/mol. The summed E-state index contributed by atoms with van der Waals surface area (Å²) in [7, 11) is -2.81. The van der Waals surface area contributed by atoms with Gasteiger partial charge >= 0.3 is 16.3 Å². The fraction of sp³-hybridized carbons (Fsp3) is 0.778. The number of amides is 1. The summed E-state index contributed by atoms with van der Waals surface area (Å²) in [5, 5.41) is 11.5. The third-order valence-corrected chi connectivity index (χ3v) is 4.57. The molecule has 0 aromatic rings. The molecule has 0 bridgehead atoms. The van der Waals surface area contributed by atoms with Crippen molar-refractivity contribution < 1.29 is 23.2 Å². The zero-order valence-electron chi connectivity index (χ0n) is 11.3. The molecule has 1 aliphatic heterocycles. The van der Waals surface area contributed by atoms with Gasteiger partial charge in [0.2, 0.25) is 0 Å². The first kappa shape index (κ1) is 16.5. The maximum Gasteiger partial charge on any atom is 0.421 e. The number of nitrogens with zero attached hydrogens (tertiary/aromatic N) is 3. The molecule has 116 valence electrons. The van der Waals surface area contributed by atoms with Gasteiger partial charge in [-0.2, -0.15) is 12.7 Å². The van der Waals surface area contributed by atoms with Crippen molar-refractivity contribution in [1.82, 2.24) is 13.9 Å². The molecule has 0 saturated carbocycles. The Balaban J connectivity index is 2.60. The minimum atomic E-state index is -3.90. The van der Waals surface area contributed by atoms with E-state index in [0.717, 1.165) is 11.4 Å². The van der Waals surface area contributed by atoms with Crippen molar-refractivity contribution in [2.45, 2.75) is 13.0 Å². The highest BCUT2D eigenvalue weighted by Gasteiger charge is 2.30. The van der Waals surface area contributed by atoms with Crippen molar-refractivity contribution in [2.24, 2.45) is 10.9 Å². The highest BCUT2D eigenvalue weighted by molar-refractivity contribution is 7.87. The largest absolute Gasteiger partial charge is 0.452 e. The summed E-state index contributed by atoms with van der Waals surface area (Å²) < 4.78 is 30.8. The average Bonchev–Trinajstić information content (AvgIpc) is 2.45. The van der Waals surface area contributed by atoms with E-state index < -0.39 is 16.3 Å². The van der Waals surface area contributed by atoms with Gasteiger partial charge in [-0.1, -0.05) is 5.16 Å². The van der Waals surface area contributed by atoms with Crippen LogP contribution >= 0.6 is 0 Å². The minimum absolute atomic E-state index is 0.0639. The first-order chi connectivity index (χ1) is 9.31. The Hall–Kier alpha value is -1.59. The second kappa shape index (κ2) is 6.72. The molecule has 1 amide bonds. The fourth-order valence-corrected chi connectivity index (χ4v) is 2.88. The molecule has 1 heterocycles. The van der Waals surface area contributed by atoms with E-state index in [2.05, 4.69) is 9.89 Å². The van der Waals surface area contributed by atoms with Crippen molar-refractivity contribution in [3.63, 3.8) is 0 Å². The first-order valence-electron chi connectivity index (χ1n) is 5.89. The summed E-state index contributed by atoms with van der Waals surface area (Å²) in [6.07, 6.45) is -1.03. The number of hydrogen-bond acceptors (Lipinski definition) is 7. The number of amidine groups is 1. The Labute approximate surface area is 117 Å². The number of hydrogen-bond donors (Lipinski definition) is 3. The van der Waals surface area contributed by atoms with Gasteiger partial charge in [0.25, 0.3) is 0 Å². The Bertz CT molecular complexity index is 471. The lowest BCUT2D eigenvalue weighted by molar-refractivity contribution is 0.165. The topological polar surface area (TPSA) is 138 Å². The Morgan fingerprint density at radius 3 is 2.40 bits per heavy atom. The van der Waals surface area contributed by atoms with Crippen LogP contribution in [-0.2, 0) is 14.9 Å². The summed E-state index contributed by atoms with van der Waals surface area (Å²) in [4.78, 5) is 12.8. The van der Waals surface area contributed by atoms with Gasteiger partial charge in [0, 0.05) is 26.2 Å². The number of ether oxygens (including phenoxy) is 1. The molecular formula is C9H19N5O5S. The van der Waals surface area contributed by atoms with Crippen LogP contribution in [0.2, 0.25) is 0 Å². The van der Waals surface area contributed by atoms with Gasteiger partial charge < -0.3 is 15.7 Å². The van der Waals surface area contributed by atoms with E-state index in [9.17, 15) is 13.2 Å². The standard InChI is InChI=1S/C9H19N5O5S/c1-7(8(10)11-16)13-3-5-14(6-4-13)20(17,18)12-9(15)19-2/h7,16H,3-6H2,1-2H3,(H2,10,11)(H,12,15). The molecule has 1 fully saturated rings. The molecule has 0 radical (unpaired) electrons. The molecule has 1 aliphatic rings. The van der Waals surface area contributed by atoms with Gasteiger partial charge in [0.15, 0.2) is 5.84 Å². The molecule has 11 heteroatoms. The molecule has 1 saturated heterocycles. The summed E-state index contributed by atoms with van der Waals surface area (Å²) in [6, 6.07) is -0.293. The van der Waals surface area contributed by atoms with Crippen LogP contribution in [0.4, 0.5) is 4.79 Å². The van der Waals surface area contributed by atoms with E-state index in [1.807, 2.05) is 4.90 Å². The summed E-state index contributed by atoms with van der Waals surface area (Å²) in [5.74, 6) is 0.0639. The van der Waals surface area contributed by atoms with Crippen LogP contribution in [0.15, 0.2) is 5.16 Å². The van der Waals surface area contributed by atoms with Crippen LogP contribution < -0.4 is 10.5 Å². The number of piperazine rings is 1. The lowest BCUT2D eigenvalue weighted by atomic mass is 10.2. The number of carbonyl (C=O) groups excluding carboxylic acids is 1. The third-order valence-electron chi connectivity index (χ3n) is 3.10. The van der Waals surface area contributed by atoms with Gasteiger partial charge in [-0.25, -0.2) is 9.52 Å². The highest BCUT2D eigenvalue weighted by atomic mass is 32.2. The van der Waals surface area contributed by atoms with Crippen molar-refractivity contribution in [3.05, 3.63) is 0 Å². The Kier molecular flexibility index (Phi) is 5.53. The third kappa shape index (κ3) is 3.95. The van der Waals surface area contributed by atoms with Gasteiger partial charge in [-0.05, 0) is 6.92 Å². The fourth-order valence-electron chi connectivity index (χ4n) is 1.81. The van der Waals surface area contributed by atoms with E-state index in [0.29, 0.717) is 13.1 Å². The zero-order valence-corrected chi connectivity index (χ0v) is 12.1. The molecule has 0 spiro atoms. The van der Waals surface area contributed by atoms with Crippen molar-refractivity contribution >= 4 is 22.1 Å². The van der Waals surface area contributed by atoms with Crippen LogP contribution in [0.5, 0.6) is 0 Å². The van der Waals surface area contributed by atoms with Gasteiger partial charge in [-0.15, -0.1) is 0 Å². The quantitative estimate of drug-likeness (QED) is 0.244. The van der Waals surface area contributed by atoms with Crippen LogP contribution in [-0.4, -0.2) is 74.1 Å². The van der Waals surface area contributed by atoms with Gasteiger partial charge in [0.05, 0.1) is 13.2 Å². The second-order valence-corrected chi connectivity index (χ2v) is 5.91. The predicted octanol–water partition coefficient (Wildman–Crippen LogP) is -1.66. The lowest BCUT2D eigenvalue weighted by Crippen LogP contribution is -2.56. The van der Waals surface area contributed by atoms with Crippen molar-refractivity contribution in [3.8, 4) is 0 Å². The number of methoxy groups -OCH3 is 1. The highest BCUT2D eigenvalue weighted by Crippen LogP contribution is 2.09. The maximum atomic E-state index is 11.8. The molecule has 1 rings (SSSR count). The number of nitrogens with two attached hydrogens (primary N) is 1. The molecular weight excluding hydrogens is 290 g/mol. The lowest BCUT2D eigenvalue weighted by Gasteiger charge is -2.36. The molecule has 10 nitrogen and oxygen atoms in total. The molecule has 1 unspecified atom stereocenters.